The van der Waals surface area contributed by atoms with Gasteiger partial charge in [0.15, 0.2) is 0 Å². The summed E-state index contributed by atoms with van der Waals surface area (Å²) >= 11 is 5.98. The van der Waals surface area contributed by atoms with Crippen LogP contribution in [-0.4, -0.2) is 25.1 Å². The minimum Gasteiger partial charge on any atom is -0.351 e. The van der Waals surface area contributed by atoms with Gasteiger partial charge in [-0.05, 0) is 54.1 Å². The summed E-state index contributed by atoms with van der Waals surface area (Å²) in [6, 6.07) is 6.91. The zero-order valence-electron chi connectivity index (χ0n) is 17.9. The molecule has 6 nitrogen and oxygen atoms in total. The second-order valence-corrected chi connectivity index (χ2v) is 9.57. The van der Waals surface area contributed by atoms with Gasteiger partial charge in [-0.15, -0.1) is 0 Å². The highest BCUT2D eigenvalue weighted by atomic mass is 35.5. The number of hydrogen-bond donors (Lipinski definition) is 2. The third-order valence-corrected chi connectivity index (χ3v) is 6.26. The van der Waals surface area contributed by atoms with Gasteiger partial charge in [0.1, 0.15) is 5.75 Å². The SMILES string of the molecule is O=C(CS(=O)(=O)Nc1ccc(C(F)(F)F)cc1-c1cc(C(F)(F)F)ccc1Cl)NCc1ccncc1. The highest BCUT2D eigenvalue weighted by Gasteiger charge is 2.34. The standard InChI is InChI=1S/C22H16ClF6N3O3S/c23-18-3-1-14(21(24,25)26)9-16(18)17-10-15(22(27,28)29)2-4-19(17)32-36(34,35)12-20(33)31-11-13-5-7-30-8-6-13/h1-10,32H,11-12H2,(H,31,33). The van der Waals surface area contributed by atoms with E-state index in [4.69, 9.17) is 11.6 Å². The van der Waals surface area contributed by atoms with Crippen LogP contribution in [0.5, 0.6) is 0 Å². The number of sulfonamides is 1. The third-order valence-electron chi connectivity index (χ3n) is 4.76. The number of pyridine rings is 1. The van der Waals surface area contributed by atoms with Gasteiger partial charge in [0.2, 0.25) is 15.9 Å². The molecule has 1 amide bonds. The van der Waals surface area contributed by atoms with E-state index in [2.05, 4.69) is 10.3 Å². The van der Waals surface area contributed by atoms with Crippen LogP contribution in [0.25, 0.3) is 11.1 Å². The Hall–Kier alpha value is -3.32. The molecule has 3 rings (SSSR count). The van der Waals surface area contributed by atoms with Gasteiger partial charge in [-0.1, -0.05) is 11.6 Å². The Morgan fingerprint density at radius 3 is 2.00 bits per heavy atom. The summed E-state index contributed by atoms with van der Waals surface area (Å²) in [7, 11) is -4.49. The summed E-state index contributed by atoms with van der Waals surface area (Å²) in [5.41, 5.74) is -3.36. The van der Waals surface area contributed by atoms with Crippen molar-refractivity contribution in [1.29, 1.82) is 0 Å². The van der Waals surface area contributed by atoms with Crippen molar-refractivity contribution in [2.75, 3.05) is 10.5 Å². The van der Waals surface area contributed by atoms with Gasteiger partial charge in [0.05, 0.1) is 16.8 Å². The number of benzene rings is 2. The smallest absolute Gasteiger partial charge is 0.351 e. The van der Waals surface area contributed by atoms with Crippen LogP contribution >= 0.6 is 11.6 Å². The first-order valence-corrected chi connectivity index (χ1v) is 11.9. The van der Waals surface area contributed by atoms with E-state index in [1.165, 1.54) is 12.4 Å². The van der Waals surface area contributed by atoms with Crippen LogP contribution in [0.3, 0.4) is 0 Å². The first-order valence-electron chi connectivity index (χ1n) is 9.90. The lowest BCUT2D eigenvalue weighted by Crippen LogP contribution is -2.32. The van der Waals surface area contributed by atoms with Gasteiger partial charge in [-0.3, -0.25) is 14.5 Å². The number of alkyl halides is 6. The van der Waals surface area contributed by atoms with E-state index in [-0.39, 0.29) is 11.6 Å². The monoisotopic (exact) mass is 551 g/mol. The molecule has 14 heteroatoms. The fourth-order valence-corrected chi connectivity index (χ4v) is 4.32. The summed E-state index contributed by atoms with van der Waals surface area (Å²) < 4.78 is 107. The van der Waals surface area contributed by atoms with Gasteiger partial charge < -0.3 is 5.32 Å². The number of amides is 1. The average molecular weight is 552 g/mol. The fraction of sp³-hybridized carbons (Fsp3) is 0.182. The molecule has 0 aliphatic heterocycles. The van der Waals surface area contributed by atoms with E-state index < -0.39 is 62.0 Å². The number of anilines is 1. The number of aromatic nitrogens is 1. The molecule has 0 atom stereocenters. The van der Waals surface area contributed by atoms with E-state index in [0.29, 0.717) is 29.8 Å². The second kappa shape index (κ2) is 10.3. The minimum atomic E-state index is -4.88. The van der Waals surface area contributed by atoms with Crippen LogP contribution < -0.4 is 10.0 Å². The Morgan fingerprint density at radius 1 is 0.861 bits per heavy atom. The van der Waals surface area contributed by atoms with Crippen molar-refractivity contribution in [3.05, 3.63) is 82.6 Å². The van der Waals surface area contributed by atoms with Crippen molar-refractivity contribution >= 4 is 33.2 Å². The molecule has 1 aromatic heterocycles. The largest absolute Gasteiger partial charge is 0.416 e. The average Bonchev–Trinajstić information content (AvgIpc) is 2.77. The molecular formula is C22H16ClF6N3O3S. The van der Waals surface area contributed by atoms with Crippen LogP contribution in [0.2, 0.25) is 5.02 Å². The maximum absolute atomic E-state index is 13.3. The molecular weight excluding hydrogens is 536 g/mol. The lowest BCUT2D eigenvalue weighted by Gasteiger charge is -2.17. The number of carbonyl (C=O) groups is 1. The molecule has 0 radical (unpaired) electrons. The maximum Gasteiger partial charge on any atom is 0.416 e. The van der Waals surface area contributed by atoms with Crippen molar-refractivity contribution in [2.45, 2.75) is 18.9 Å². The molecule has 1 heterocycles. The zero-order valence-corrected chi connectivity index (χ0v) is 19.5. The van der Waals surface area contributed by atoms with Crippen LogP contribution in [0.15, 0.2) is 60.9 Å². The molecule has 0 bridgehead atoms. The van der Waals surface area contributed by atoms with E-state index in [0.717, 1.165) is 12.1 Å². The van der Waals surface area contributed by atoms with Gasteiger partial charge >= 0.3 is 12.4 Å². The molecule has 0 aliphatic carbocycles. The summed E-state index contributed by atoms with van der Waals surface area (Å²) in [5, 5.41) is 2.02. The Labute approximate surface area is 206 Å². The van der Waals surface area contributed by atoms with E-state index in [1.807, 2.05) is 4.72 Å². The third kappa shape index (κ3) is 7.10. The first-order chi connectivity index (χ1) is 16.7. The predicted molar refractivity (Wildman–Crippen MR) is 120 cm³/mol. The number of halogens is 7. The second-order valence-electron chi connectivity index (χ2n) is 7.44. The molecule has 0 aliphatic rings. The van der Waals surface area contributed by atoms with Gasteiger partial charge in [-0.2, -0.15) is 26.3 Å². The lowest BCUT2D eigenvalue weighted by molar-refractivity contribution is -0.138. The van der Waals surface area contributed by atoms with Crippen LogP contribution in [0.4, 0.5) is 32.0 Å². The number of carbonyl (C=O) groups excluding carboxylic acids is 1. The highest BCUT2D eigenvalue weighted by Crippen LogP contribution is 2.41. The molecule has 0 unspecified atom stereocenters. The fourth-order valence-electron chi connectivity index (χ4n) is 3.07. The van der Waals surface area contributed by atoms with E-state index >= 15 is 0 Å². The van der Waals surface area contributed by atoms with Crippen molar-refractivity contribution in [3.63, 3.8) is 0 Å². The van der Waals surface area contributed by atoms with Crippen molar-refractivity contribution in [3.8, 4) is 11.1 Å². The van der Waals surface area contributed by atoms with Crippen LogP contribution in [0.1, 0.15) is 16.7 Å². The van der Waals surface area contributed by atoms with Crippen LogP contribution in [0, 0.1) is 0 Å². The molecule has 2 N–H and O–H groups in total. The van der Waals surface area contributed by atoms with Crippen LogP contribution in [-0.2, 0) is 33.7 Å². The normalized spacial score (nSPS) is 12.3. The van der Waals surface area contributed by atoms with Gasteiger partial charge in [0, 0.05) is 35.1 Å². The Morgan fingerprint density at radius 2 is 1.42 bits per heavy atom. The molecule has 0 spiro atoms. The van der Waals surface area contributed by atoms with Crippen molar-refractivity contribution in [2.24, 2.45) is 0 Å². The summed E-state index contributed by atoms with van der Waals surface area (Å²) in [6.07, 6.45) is -6.80. The maximum atomic E-state index is 13.3. The number of nitrogens with zero attached hydrogens (tertiary/aromatic N) is 1. The Balaban J connectivity index is 1.94. The predicted octanol–water partition coefficient (Wildman–Crippen LogP) is 5.50. The Kier molecular flexibility index (Phi) is 7.84. The number of hydrogen-bond acceptors (Lipinski definition) is 4. The number of rotatable bonds is 7. The Bertz CT molecular complexity index is 1360. The topological polar surface area (TPSA) is 88.2 Å². The minimum absolute atomic E-state index is 0.0117. The molecule has 0 saturated carbocycles. The van der Waals surface area contributed by atoms with E-state index in [1.54, 1.807) is 12.1 Å². The van der Waals surface area contributed by atoms with E-state index in [9.17, 15) is 39.6 Å². The molecule has 2 aromatic carbocycles. The molecule has 0 fully saturated rings. The van der Waals surface area contributed by atoms with Gasteiger partial charge in [0.25, 0.3) is 0 Å². The molecule has 3 aromatic rings. The summed E-state index contributed by atoms with van der Waals surface area (Å²) in [5.74, 6) is -2.03. The highest BCUT2D eigenvalue weighted by molar-refractivity contribution is 7.93. The molecule has 0 saturated heterocycles. The zero-order chi connectivity index (χ0) is 26.7. The first kappa shape index (κ1) is 27.3. The summed E-state index contributed by atoms with van der Waals surface area (Å²) in [6.45, 7) is -0.0117. The summed E-state index contributed by atoms with van der Waals surface area (Å²) in [4.78, 5) is 15.9. The lowest BCUT2D eigenvalue weighted by atomic mass is 9.99. The molecule has 36 heavy (non-hydrogen) atoms. The van der Waals surface area contributed by atoms with Crippen molar-refractivity contribution in [1.82, 2.24) is 10.3 Å². The van der Waals surface area contributed by atoms with Crippen molar-refractivity contribution < 1.29 is 39.6 Å². The number of nitrogens with one attached hydrogen (secondary N) is 2. The molecule has 192 valence electrons. The van der Waals surface area contributed by atoms with Gasteiger partial charge in [-0.25, -0.2) is 8.42 Å². The quantitative estimate of drug-likeness (QED) is 0.380.